The molecule has 24 heavy (non-hydrogen) atoms. The molecular weight excluding hydrogens is 313 g/mol. The van der Waals surface area contributed by atoms with Gasteiger partial charge in [0.15, 0.2) is 11.6 Å². The Balaban J connectivity index is 1.57. The number of halogens is 1. The van der Waals surface area contributed by atoms with Crippen LogP contribution in [0.5, 0.6) is 11.5 Å². The van der Waals surface area contributed by atoms with Crippen LogP contribution in [0.1, 0.15) is 5.56 Å². The van der Waals surface area contributed by atoms with Gasteiger partial charge in [0, 0.05) is 19.3 Å². The average molecular weight is 331 g/mol. The Hall–Kier alpha value is -2.51. The third kappa shape index (κ3) is 4.27. The summed E-state index contributed by atoms with van der Waals surface area (Å²) in [6, 6.07) is 7.62. The van der Waals surface area contributed by atoms with Crippen molar-refractivity contribution in [3.8, 4) is 11.5 Å². The monoisotopic (exact) mass is 331 g/mol. The number of ether oxygens (including phenoxy) is 2. The summed E-state index contributed by atoms with van der Waals surface area (Å²) in [4.78, 5) is 15.9. The van der Waals surface area contributed by atoms with E-state index in [9.17, 15) is 9.18 Å². The van der Waals surface area contributed by atoms with E-state index in [1.54, 1.807) is 24.4 Å². The van der Waals surface area contributed by atoms with Crippen molar-refractivity contribution in [3.63, 3.8) is 0 Å². The SMILES string of the molecule is O=C(NCc1ccc(Oc2cccnc2)c(F)c1)C1COCCN1. The molecule has 0 aliphatic carbocycles. The van der Waals surface area contributed by atoms with Crippen LogP contribution in [0.4, 0.5) is 4.39 Å². The number of morpholine rings is 1. The summed E-state index contributed by atoms with van der Waals surface area (Å²) in [5, 5.41) is 5.83. The lowest BCUT2D eigenvalue weighted by Gasteiger charge is -2.22. The Morgan fingerprint density at radius 3 is 3.08 bits per heavy atom. The molecule has 1 atom stereocenters. The number of aromatic nitrogens is 1. The van der Waals surface area contributed by atoms with Crippen molar-refractivity contribution < 1.29 is 18.7 Å². The number of rotatable bonds is 5. The molecule has 1 aromatic carbocycles. The van der Waals surface area contributed by atoms with Gasteiger partial charge in [-0.05, 0) is 29.8 Å². The predicted octanol–water partition coefficient (Wildman–Crippen LogP) is 1.62. The van der Waals surface area contributed by atoms with Crippen LogP contribution in [0.25, 0.3) is 0 Å². The van der Waals surface area contributed by atoms with E-state index in [1.807, 2.05) is 0 Å². The molecule has 0 spiro atoms. The first-order chi connectivity index (χ1) is 11.7. The van der Waals surface area contributed by atoms with Crippen LogP contribution in [0, 0.1) is 5.82 Å². The minimum absolute atomic E-state index is 0.112. The summed E-state index contributed by atoms with van der Waals surface area (Å²) in [5.41, 5.74) is 0.649. The Labute approximate surface area is 139 Å². The number of carbonyl (C=O) groups excluding carboxylic acids is 1. The van der Waals surface area contributed by atoms with Gasteiger partial charge in [-0.15, -0.1) is 0 Å². The largest absolute Gasteiger partial charge is 0.453 e. The number of nitrogens with zero attached hydrogens (tertiary/aromatic N) is 1. The lowest BCUT2D eigenvalue weighted by molar-refractivity contribution is -0.126. The van der Waals surface area contributed by atoms with E-state index < -0.39 is 5.82 Å². The summed E-state index contributed by atoms with van der Waals surface area (Å²) in [6.07, 6.45) is 3.12. The number of hydrogen-bond donors (Lipinski definition) is 2. The highest BCUT2D eigenvalue weighted by Crippen LogP contribution is 2.24. The van der Waals surface area contributed by atoms with Gasteiger partial charge in [-0.1, -0.05) is 6.07 Å². The van der Waals surface area contributed by atoms with Crippen molar-refractivity contribution in [2.75, 3.05) is 19.8 Å². The predicted molar refractivity (Wildman–Crippen MR) is 85.2 cm³/mol. The standard InChI is InChI=1S/C17H18FN3O3/c18-14-8-12(9-21-17(22)15-11-23-7-6-20-15)3-4-16(14)24-13-2-1-5-19-10-13/h1-5,8,10,15,20H,6-7,9,11H2,(H,21,22). The second-order valence-electron chi connectivity index (χ2n) is 5.35. The molecular formula is C17H18FN3O3. The van der Waals surface area contributed by atoms with Crippen molar-refractivity contribution in [2.45, 2.75) is 12.6 Å². The van der Waals surface area contributed by atoms with E-state index in [2.05, 4.69) is 15.6 Å². The van der Waals surface area contributed by atoms with Gasteiger partial charge in [-0.3, -0.25) is 9.78 Å². The Bertz CT molecular complexity index is 691. The number of hydrogen-bond acceptors (Lipinski definition) is 5. The zero-order valence-electron chi connectivity index (χ0n) is 13.0. The Kier molecular flexibility index (Phi) is 5.35. The highest BCUT2D eigenvalue weighted by atomic mass is 19.1. The lowest BCUT2D eigenvalue weighted by atomic mass is 10.2. The van der Waals surface area contributed by atoms with Crippen molar-refractivity contribution in [1.29, 1.82) is 0 Å². The van der Waals surface area contributed by atoms with Gasteiger partial charge >= 0.3 is 0 Å². The second kappa shape index (κ2) is 7.85. The number of carbonyl (C=O) groups is 1. The molecule has 1 amide bonds. The summed E-state index contributed by atoms with van der Waals surface area (Å²) >= 11 is 0. The van der Waals surface area contributed by atoms with Crippen molar-refractivity contribution >= 4 is 5.91 Å². The summed E-state index contributed by atoms with van der Waals surface area (Å²) < 4.78 is 24.8. The molecule has 0 bridgehead atoms. The first-order valence-corrected chi connectivity index (χ1v) is 7.67. The maximum absolute atomic E-state index is 14.1. The van der Waals surface area contributed by atoms with Crippen LogP contribution in [0.2, 0.25) is 0 Å². The molecule has 1 aliphatic rings. The number of benzene rings is 1. The van der Waals surface area contributed by atoms with Crippen LogP contribution in [0.15, 0.2) is 42.7 Å². The van der Waals surface area contributed by atoms with E-state index in [4.69, 9.17) is 9.47 Å². The fourth-order valence-corrected chi connectivity index (χ4v) is 2.32. The topological polar surface area (TPSA) is 72.5 Å². The first-order valence-electron chi connectivity index (χ1n) is 7.67. The van der Waals surface area contributed by atoms with Crippen LogP contribution < -0.4 is 15.4 Å². The van der Waals surface area contributed by atoms with Gasteiger partial charge in [0.25, 0.3) is 0 Å². The van der Waals surface area contributed by atoms with Crippen molar-refractivity contribution in [1.82, 2.24) is 15.6 Å². The van der Waals surface area contributed by atoms with Crippen LogP contribution >= 0.6 is 0 Å². The Morgan fingerprint density at radius 1 is 1.46 bits per heavy atom. The highest BCUT2D eigenvalue weighted by Gasteiger charge is 2.20. The minimum Gasteiger partial charge on any atom is -0.453 e. The van der Waals surface area contributed by atoms with Crippen LogP contribution in [0.3, 0.4) is 0 Å². The average Bonchev–Trinajstić information content (AvgIpc) is 2.63. The van der Waals surface area contributed by atoms with Gasteiger partial charge < -0.3 is 20.1 Å². The molecule has 0 saturated carbocycles. The van der Waals surface area contributed by atoms with Crippen molar-refractivity contribution in [3.05, 3.63) is 54.1 Å². The van der Waals surface area contributed by atoms with E-state index in [0.29, 0.717) is 31.1 Å². The van der Waals surface area contributed by atoms with E-state index in [0.717, 1.165) is 0 Å². The van der Waals surface area contributed by atoms with Crippen LogP contribution in [-0.2, 0) is 16.1 Å². The molecule has 2 N–H and O–H groups in total. The third-order valence-corrected chi connectivity index (χ3v) is 3.56. The fraction of sp³-hybridized carbons (Fsp3) is 0.294. The van der Waals surface area contributed by atoms with E-state index in [1.165, 1.54) is 18.3 Å². The molecule has 1 unspecified atom stereocenters. The second-order valence-corrected chi connectivity index (χ2v) is 5.35. The van der Waals surface area contributed by atoms with Gasteiger partial charge in [0.2, 0.25) is 5.91 Å². The molecule has 6 nitrogen and oxygen atoms in total. The maximum Gasteiger partial charge on any atom is 0.239 e. The van der Waals surface area contributed by atoms with Gasteiger partial charge in [-0.2, -0.15) is 0 Å². The number of amides is 1. The first kappa shape index (κ1) is 16.4. The number of pyridine rings is 1. The molecule has 3 rings (SSSR count). The maximum atomic E-state index is 14.1. The summed E-state index contributed by atoms with van der Waals surface area (Å²) in [6.45, 7) is 1.83. The van der Waals surface area contributed by atoms with Crippen molar-refractivity contribution in [2.24, 2.45) is 0 Å². The summed E-state index contributed by atoms with van der Waals surface area (Å²) in [7, 11) is 0. The molecule has 1 saturated heterocycles. The zero-order chi connectivity index (χ0) is 16.8. The van der Waals surface area contributed by atoms with E-state index >= 15 is 0 Å². The lowest BCUT2D eigenvalue weighted by Crippen LogP contribution is -2.51. The Morgan fingerprint density at radius 2 is 2.38 bits per heavy atom. The van der Waals surface area contributed by atoms with Gasteiger partial charge in [0.1, 0.15) is 11.8 Å². The fourth-order valence-electron chi connectivity index (χ4n) is 2.32. The molecule has 126 valence electrons. The molecule has 1 aliphatic heterocycles. The quantitative estimate of drug-likeness (QED) is 0.871. The minimum atomic E-state index is -0.496. The highest BCUT2D eigenvalue weighted by molar-refractivity contribution is 5.81. The molecule has 0 radical (unpaired) electrons. The molecule has 2 aromatic rings. The van der Waals surface area contributed by atoms with Gasteiger partial charge in [-0.25, -0.2) is 4.39 Å². The van der Waals surface area contributed by atoms with Crippen LogP contribution in [-0.4, -0.2) is 36.7 Å². The zero-order valence-corrected chi connectivity index (χ0v) is 13.0. The number of nitrogens with one attached hydrogen (secondary N) is 2. The summed E-state index contributed by atoms with van der Waals surface area (Å²) in [5.74, 6) is -0.0863. The smallest absolute Gasteiger partial charge is 0.239 e. The van der Waals surface area contributed by atoms with E-state index in [-0.39, 0.29) is 24.2 Å². The molecule has 1 fully saturated rings. The molecule has 7 heteroatoms. The normalized spacial score (nSPS) is 17.3. The molecule has 1 aromatic heterocycles. The van der Waals surface area contributed by atoms with Gasteiger partial charge in [0.05, 0.1) is 19.4 Å². The third-order valence-electron chi connectivity index (χ3n) is 3.56. The molecule has 2 heterocycles.